The number of pyridine rings is 1. The molecule has 0 spiro atoms. The number of hydrogen-bond donors (Lipinski definition) is 0. The minimum absolute atomic E-state index is 0.327. The SMILES string of the molecule is CC[C@](C)(CCC(C)C)c1ccncc1. The summed E-state index contributed by atoms with van der Waals surface area (Å²) in [6.07, 6.45) is 7.57. The van der Waals surface area contributed by atoms with Gasteiger partial charge in [-0.15, -0.1) is 0 Å². The van der Waals surface area contributed by atoms with Crippen molar-refractivity contribution in [2.24, 2.45) is 5.92 Å². The Kier molecular flexibility index (Phi) is 4.31. The Morgan fingerprint density at radius 2 is 1.87 bits per heavy atom. The second-order valence-corrected chi connectivity index (χ2v) is 5.08. The van der Waals surface area contributed by atoms with Crippen LogP contribution < -0.4 is 0 Å². The molecule has 0 aliphatic rings. The molecule has 1 atom stereocenters. The van der Waals surface area contributed by atoms with E-state index in [0.29, 0.717) is 5.41 Å². The van der Waals surface area contributed by atoms with Crippen LogP contribution in [0.4, 0.5) is 0 Å². The minimum Gasteiger partial charge on any atom is -0.265 e. The van der Waals surface area contributed by atoms with Crippen molar-refractivity contribution >= 4 is 0 Å². The lowest BCUT2D eigenvalue weighted by Crippen LogP contribution is -2.21. The van der Waals surface area contributed by atoms with E-state index in [1.54, 1.807) is 0 Å². The van der Waals surface area contributed by atoms with Crippen LogP contribution >= 0.6 is 0 Å². The quantitative estimate of drug-likeness (QED) is 0.702. The van der Waals surface area contributed by atoms with Gasteiger partial charge in [0.2, 0.25) is 0 Å². The molecular weight excluding hydrogens is 182 g/mol. The summed E-state index contributed by atoms with van der Waals surface area (Å²) >= 11 is 0. The number of nitrogens with zero attached hydrogens (tertiary/aromatic N) is 1. The molecule has 0 N–H and O–H groups in total. The van der Waals surface area contributed by atoms with Crippen molar-refractivity contribution in [3.8, 4) is 0 Å². The highest BCUT2D eigenvalue weighted by atomic mass is 14.6. The molecule has 15 heavy (non-hydrogen) atoms. The third-order valence-electron chi connectivity index (χ3n) is 3.43. The van der Waals surface area contributed by atoms with Crippen LogP contribution in [0, 0.1) is 5.92 Å². The summed E-state index contributed by atoms with van der Waals surface area (Å²) < 4.78 is 0. The van der Waals surface area contributed by atoms with Crippen molar-refractivity contribution in [2.45, 2.75) is 52.4 Å². The molecule has 0 aliphatic heterocycles. The standard InChI is InChI=1S/C14H23N/c1-5-14(4,9-6-12(2)3)13-7-10-15-11-8-13/h7-8,10-12H,5-6,9H2,1-4H3/t14-/m1/s1. The van der Waals surface area contributed by atoms with Crippen molar-refractivity contribution in [2.75, 3.05) is 0 Å². The van der Waals surface area contributed by atoms with Crippen LogP contribution in [-0.2, 0) is 5.41 Å². The van der Waals surface area contributed by atoms with E-state index in [0.717, 1.165) is 5.92 Å². The van der Waals surface area contributed by atoms with E-state index in [1.165, 1.54) is 24.8 Å². The Morgan fingerprint density at radius 3 is 2.33 bits per heavy atom. The van der Waals surface area contributed by atoms with Gasteiger partial charge in [-0.3, -0.25) is 4.98 Å². The third-order valence-corrected chi connectivity index (χ3v) is 3.43. The normalized spacial score (nSPS) is 15.3. The van der Waals surface area contributed by atoms with Gasteiger partial charge in [0.1, 0.15) is 0 Å². The Labute approximate surface area is 93.9 Å². The van der Waals surface area contributed by atoms with Crippen LogP contribution in [0.25, 0.3) is 0 Å². The van der Waals surface area contributed by atoms with Gasteiger partial charge in [0.25, 0.3) is 0 Å². The molecule has 1 nitrogen and oxygen atoms in total. The Morgan fingerprint density at radius 1 is 1.27 bits per heavy atom. The van der Waals surface area contributed by atoms with Gasteiger partial charge >= 0.3 is 0 Å². The molecule has 0 saturated heterocycles. The van der Waals surface area contributed by atoms with Gasteiger partial charge in [0.05, 0.1) is 0 Å². The molecule has 0 unspecified atom stereocenters. The molecule has 0 bridgehead atoms. The zero-order valence-corrected chi connectivity index (χ0v) is 10.5. The van der Waals surface area contributed by atoms with Gasteiger partial charge < -0.3 is 0 Å². The van der Waals surface area contributed by atoms with Crippen molar-refractivity contribution < 1.29 is 0 Å². The summed E-state index contributed by atoms with van der Waals surface area (Å²) in [6.45, 7) is 9.23. The molecule has 1 rings (SSSR count). The smallest absolute Gasteiger partial charge is 0.0270 e. The lowest BCUT2D eigenvalue weighted by molar-refractivity contribution is 0.373. The topological polar surface area (TPSA) is 12.9 Å². The third kappa shape index (κ3) is 3.33. The molecule has 84 valence electrons. The summed E-state index contributed by atoms with van der Waals surface area (Å²) in [6, 6.07) is 4.31. The zero-order valence-electron chi connectivity index (χ0n) is 10.5. The van der Waals surface area contributed by atoms with Crippen LogP contribution in [0.15, 0.2) is 24.5 Å². The Hall–Kier alpha value is -0.850. The average molecular weight is 205 g/mol. The lowest BCUT2D eigenvalue weighted by atomic mass is 9.75. The van der Waals surface area contributed by atoms with Crippen molar-refractivity contribution in [3.05, 3.63) is 30.1 Å². The van der Waals surface area contributed by atoms with Crippen molar-refractivity contribution in [1.29, 1.82) is 0 Å². The van der Waals surface area contributed by atoms with E-state index >= 15 is 0 Å². The molecule has 0 aliphatic carbocycles. The van der Waals surface area contributed by atoms with E-state index in [-0.39, 0.29) is 0 Å². The molecule has 1 heteroatoms. The average Bonchev–Trinajstić information content (AvgIpc) is 2.27. The van der Waals surface area contributed by atoms with Crippen LogP contribution in [0.5, 0.6) is 0 Å². The summed E-state index contributed by atoms with van der Waals surface area (Å²) in [5.74, 6) is 0.790. The van der Waals surface area contributed by atoms with E-state index in [4.69, 9.17) is 0 Å². The summed E-state index contributed by atoms with van der Waals surface area (Å²) in [7, 11) is 0. The molecule has 1 aromatic rings. The van der Waals surface area contributed by atoms with Gasteiger partial charge in [-0.05, 0) is 41.9 Å². The van der Waals surface area contributed by atoms with Crippen LogP contribution in [0.1, 0.15) is 52.5 Å². The van der Waals surface area contributed by atoms with E-state index in [9.17, 15) is 0 Å². The lowest BCUT2D eigenvalue weighted by Gasteiger charge is -2.29. The molecule has 0 amide bonds. The van der Waals surface area contributed by atoms with E-state index in [2.05, 4.69) is 44.8 Å². The summed E-state index contributed by atoms with van der Waals surface area (Å²) in [4.78, 5) is 4.09. The highest BCUT2D eigenvalue weighted by molar-refractivity contribution is 5.21. The molecule has 1 aromatic heterocycles. The van der Waals surface area contributed by atoms with Crippen molar-refractivity contribution in [3.63, 3.8) is 0 Å². The number of rotatable bonds is 5. The molecule has 1 heterocycles. The van der Waals surface area contributed by atoms with Gasteiger partial charge in [0, 0.05) is 12.4 Å². The zero-order chi connectivity index (χ0) is 11.3. The monoisotopic (exact) mass is 205 g/mol. The maximum Gasteiger partial charge on any atom is 0.0270 e. The highest BCUT2D eigenvalue weighted by Gasteiger charge is 2.24. The second-order valence-electron chi connectivity index (χ2n) is 5.08. The van der Waals surface area contributed by atoms with Crippen LogP contribution in [-0.4, -0.2) is 4.98 Å². The summed E-state index contributed by atoms with van der Waals surface area (Å²) in [5.41, 5.74) is 1.76. The Balaban J connectivity index is 2.76. The maximum atomic E-state index is 4.09. The van der Waals surface area contributed by atoms with Gasteiger partial charge in [-0.25, -0.2) is 0 Å². The van der Waals surface area contributed by atoms with E-state index in [1.807, 2.05) is 12.4 Å². The van der Waals surface area contributed by atoms with Gasteiger partial charge in [-0.1, -0.05) is 34.1 Å². The van der Waals surface area contributed by atoms with Gasteiger partial charge in [-0.2, -0.15) is 0 Å². The van der Waals surface area contributed by atoms with Crippen LogP contribution in [0.3, 0.4) is 0 Å². The van der Waals surface area contributed by atoms with Crippen molar-refractivity contribution in [1.82, 2.24) is 4.98 Å². The fourth-order valence-electron chi connectivity index (χ4n) is 1.89. The molecule has 0 radical (unpaired) electrons. The first-order valence-electron chi connectivity index (χ1n) is 5.99. The summed E-state index contributed by atoms with van der Waals surface area (Å²) in [5, 5.41) is 0. The maximum absolute atomic E-state index is 4.09. The highest BCUT2D eigenvalue weighted by Crippen LogP contribution is 2.33. The predicted octanol–water partition coefficient (Wildman–Crippen LogP) is 4.19. The minimum atomic E-state index is 0.327. The van der Waals surface area contributed by atoms with Gasteiger partial charge in [0.15, 0.2) is 0 Å². The largest absolute Gasteiger partial charge is 0.265 e. The number of hydrogen-bond acceptors (Lipinski definition) is 1. The predicted molar refractivity (Wildman–Crippen MR) is 66.0 cm³/mol. The Bertz CT molecular complexity index is 279. The fourth-order valence-corrected chi connectivity index (χ4v) is 1.89. The second kappa shape index (κ2) is 5.29. The molecule has 0 saturated carbocycles. The number of aromatic nitrogens is 1. The first-order chi connectivity index (χ1) is 7.08. The molecule has 0 aromatic carbocycles. The molecule has 0 fully saturated rings. The molecular formula is C14H23N. The van der Waals surface area contributed by atoms with E-state index < -0.39 is 0 Å². The fraction of sp³-hybridized carbons (Fsp3) is 0.643. The van der Waals surface area contributed by atoms with Crippen LogP contribution in [0.2, 0.25) is 0 Å². The first kappa shape index (κ1) is 12.2. The first-order valence-corrected chi connectivity index (χ1v) is 5.99.